The van der Waals surface area contributed by atoms with Gasteiger partial charge in [0, 0.05) is 103 Å². The van der Waals surface area contributed by atoms with Crippen molar-refractivity contribution in [3.63, 3.8) is 0 Å². The quantitative estimate of drug-likeness (QED) is 0.367. The predicted octanol–water partition coefficient (Wildman–Crippen LogP) is 4.63. The van der Waals surface area contributed by atoms with Crippen LogP contribution in [0.2, 0.25) is 20.1 Å². The van der Waals surface area contributed by atoms with Gasteiger partial charge < -0.3 is 25.2 Å². The Bertz CT molecular complexity index is 1320. The lowest BCUT2D eigenvalue weighted by Gasteiger charge is -2.42. The Morgan fingerprint density at radius 3 is 1.31 bits per heavy atom. The summed E-state index contributed by atoms with van der Waals surface area (Å²) in [5.41, 5.74) is 1.64. The largest absolute Gasteiger partial charge is 0.355 e. The fourth-order valence-corrected chi connectivity index (χ4v) is 8.39. The van der Waals surface area contributed by atoms with E-state index in [2.05, 4.69) is 20.4 Å². The molecule has 2 amide bonds. The van der Waals surface area contributed by atoms with Crippen LogP contribution < -0.4 is 10.6 Å². The SMILES string of the molecule is O=C([C@@H](Cc1ccc(Cl)c(Cl)c1)O[C@H](Cc1ccc(Cl)c(Cl)c1)C(=O)N1CCC(N2CCNCC2)CC1)N1CCC(N2CCNCC2)CC1. The van der Waals surface area contributed by atoms with E-state index in [0.29, 0.717) is 58.4 Å². The summed E-state index contributed by atoms with van der Waals surface area (Å²) in [5.74, 6) is -0.205. The summed E-state index contributed by atoms with van der Waals surface area (Å²) in [6.07, 6.45) is 2.43. The average molecular weight is 755 g/mol. The minimum absolute atomic E-state index is 0.103. The molecule has 2 aromatic carbocycles. The normalized spacial score (nSPS) is 21.9. The molecule has 0 aromatic heterocycles. The number of hydrogen-bond acceptors (Lipinski definition) is 7. The second kappa shape index (κ2) is 17.7. The van der Waals surface area contributed by atoms with Crippen molar-refractivity contribution in [3.8, 4) is 0 Å². The van der Waals surface area contributed by atoms with Crippen LogP contribution >= 0.6 is 46.4 Å². The van der Waals surface area contributed by atoms with Crippen molar-refractivity contribution in [2.24, 2.45) is 0 Å². The molecule has 0 radical (unpaired) electrons. The van der Waals surface area contributed by atoms with Crippen LogP contribution in [0.3, 0.4) is 0 Å². The van der Waals surface area contributed by atoms with E-state index >= 15 is 0 Å². The molecule has 4 aliphatic rings. The molecule has 0 unspecified atom stereocenters. The third-order valence-corrected chi connectivity index (χ3v) is 12.1. The second-order valence-corrected chi connectivity index (χ2v) is 15.3. The minimum atomic E-state index is -0.886. The summed E-state index contributed by atoms with van der Waals surface area (Å²) in [6.45, 7) is 10.7. The molecule has 4 heterocycles. The maximum atomic E-state index is 14.4. The Labute approximate surface area is 310 Å². The zero-order valence-electron chi connectivity index (χ0n) is 28.0. The van der Waals surface area contributed by atoms with Gasteiger partial charge in [-0.3, -0.25) is 19.4 Å². The van der Waals surface area contributed by atoms with Crippen LogP contribution in [0.1, 0.15) is 36.8 Å². The monoisotopic (exact) mass is 752 g/mol. The molecule has 4 fully saturated rings. The number of hydrogen-bond donors (Lipinski definition) is 2. The number of amides is 2. The van der Waals surface area contributed by atoms with Gasteiger partial charge in [0.05, 0.1) is 20.1 Å². The molecular formula is C36H48Cl4N6O3. The molecule has 2 N–H and O–H groups in total. The van der Waals surface area contributed by atoms with Gasteiger partial charge in [-0.1, -0.05) is 58.5 Å². The van der Waals surface area contributed by atoms with E-state index in [9.17, 15) is 9.59 Å². The highest BCUT2D eigenvalue weighted by molar-refractivity contribution is 6.42. The first kappa shape index (κ1) is 37.1. The van der Waals surface area contributed by atoms with Crippen LogP contribution in [0, 0.1) is 0 Å². The number of nitrogens with one attached hydrogen (secondary N) is 2. The maximum absolute atomic E-state index is 14.4. The third-order valence-electron chi connectivity index (χ3n) is 10.6. The number of carbonyl (C=O) groups excluding carboxylic acids is 2. The van der Waals surface area contributed by atoms with Crippen LogP contribution in [-0.4, -0.2) is 134 Å². The molecule has 268 valence electrons. The van der Waals surface area contributed by atoms with Gasteiger partial charge in [0.25, 0.3) is 11.8 Å². The van der Waals surface area contributed by atoms with Crippen molar-refractivity contribution in [2.75, 3.05) is 78.5 Å². The minimum Gasteiger partial charge on any atom is -0.355 e. The average Bonchev–Trinajstić information content (AvgIpc) is 3.14. The molecule has 4 aliphatic heterocycles. The number of ether oxygens (including phenoxy) is 1. The van der Waals surface area contributed by atoms with E-state index in [1.54, 1.807) is 24.3 Å². The van der Waals surface area contributed by atoms with Crippen molar-refractivity contribution < 1.29 is 14.3 Å². The van der Waals surface area contributed by atoms with Crippen LogP contribution in [-0.2, 0) is 27.2 Å². The number of carbonyl (C=O) groups is 2. The first-order valence-electron chi connectivity index (χ1n) is 17.8. The van der Waals surface area contributed by atoms with Gasteiger partial charge in [-0.2, -0.15) is 0 Å². The van der Waals surface area contributed by atoms with Gasteiger partial charge in [0.15, 0.2) is 0 Å². The van der Waals surface area contributed by atoms with Crippen molar-refractivity contribution >= 4 is 58.2 Å². The molecule has 9 nitrogen and oxygen atoms in total. The van der Waals surface area contributed by atoms with Gasteiger partial charge in [-0.05, 0) is 61.1 Å². The van der Waals surface area contributed by atoms with Gasteiger partial charge in [-0.15, -0.1) is 0 Å². The van der Waals surface area contributed by atoms with Crippen LogP contribution in [0.5, 0.6) is 0 Å². The molecular weight excluding hydrogens is 706 g/mol. The van der Waals surface area contributed by atoms with Crippen molar-refractivity contribution in [2.45, 2.75) is 62.8 Å². The molecule has 0 bridgehead atoms. The zero-order valence-corrected chi connectivity index (χ0v) is 31.1. The van der Waals surface area contributed by atoms with Crippen molar-refractivity contribution in [1.82, 2.24) is 30.2 Å². The Morgan fingerprint density at radius 2 is 0.959 bits per heavy atom. The molecule has 0 saturated carbocycles. The molecule has 0 spiro atoms. The highest BCUT2D eigenvalue weighted by Gasteiger charge is 2.37. The maximum Gasteiger partial charge on any atom is 0.252 e. The lowest BCUT2D eigenvalue weighted by atomic mass is 9.99. The van der Waals surface area contributed by atoms with Crippen LogP contribution in [0.25, 0.3) is 0 Å². The molecule has 49 heavy (non-hydrogen) atoms. The lowest BCUT2D eigenvalue weighted by Crippen LogP contribution is -2.55. The molecule has 6 rings (SSSR count). The Kier molecular flexibility index (Phi) is 13.4. The highest BCUT2D eigenvalue weighted by Crippen LogP contribution is 2.28. The number of piperazine rings is 2. The summed E-state index contributed by atoms with van der Waals surface area (Å²) in [6, 6.07) is 11.7. The Balaban J connectivity index is 1.21. The first-order chi connectivity index (χ1) is 23.7. The van der Waals surface area contributed by atoms with Crippen LogP contribution in [0.4, 0.5) is 0 Å². The van der Waals surface area contributed by atoms with E-state index < -0.39 is 12.2 Å². The number of piperidine rings is 2. The fourth-order valence-electron chi connectivity index (χ4n) is 7.75. The fraction of sp³-hybridized carbons (Fsp3) is 0.611. The van der Waals surface area contributed by atoms with Gasteiger partial charge in [0.2, 0.25) is 0 Å². The zero-order chi connectivity index (χ0) is 34.3. The molecule has 2 atom stereocenters. The van der Waals surface area contributed by atoms with E-state index in [1.807, 2.05) is 21.9 Å². The van der Waals surface area contributed by atoms with Crippen LogP contribution in [0.15, 0.2) is 36.4 Å². The third kappa shape index (κ3) is 9.82. The van der Waals surface area contributed by atoms with Gasteiger partial charge >= 0.3 is 0 Å². The number of rotatable bonds is 10. The van der Waals surface area contributed by atoms with E-state index in [0.717, 1.165) is 89.2 Å². The smallest absolute Gasteiger partial charge is 0.252 e. The molecule has 0 aliphatic carbocycles. The molecule has 4 saturated heterocycles. The van der Waals surface area contributed by atoms with Gasteiger partial charge in [0.1, 0.15) is 12.2 Å². The van der Waals surface area contributed by atoms with Crippen molar-refractivity contribution in [3.05, 3.63) is 67.6 Å². The highest BCUT2D eigenvalue weighted by atomic mass is 35.5. The van der Waals surface area contributed by atoms with Crippen molar-refractivity contribution in [1.29, 1.82) is 0 Å². The van der Waals surface area contributed by atoms with E-state index in [1.165, 1.54) is 0 Å². The summed E-state index contributed by atoms with van der Waals surface area (Å²) >= 11 is 25.3. The summed E-state index contributed by atoms with van der Waals surface area (Å²) < 4.78 is 6.74. The lowest BCUT2D eigenvalue weighted by molar-refractivity contribution is -0.159. The Hall–Kier alpha value is -1.66. The van der Waals surface area contributed by atoms with Gasteiger partial charge in [-0.25, -0.2) is 0 Å². The number of nitrogens with zero attached hydrogens (tertiary/aromatic N) is 4. The second-order valence-electron chi connectivity index (χ2n) is 13.7. The summed E-state index contributed by atoms with van der Waals surface area (Å²) in [7, 11) is 0. The predicted molar refractivity (Wildman–Crippen MR) is 197 cm³/mol. The topological polar surface area (TPSA) is 80.4 Å². The summed E-state index contributed by atoms with van der Waals surface area (Å²) in [4.78, 5) is 37.7. The standard InChI is InChI=1S/C36H48Cl4N6O3/c37-29-3-1-25(21-31(29)39)23-33(35(47)45-13-5-27(6-14-45)43-17-9-41-10-18-43)49-34(24-26-2-4-30(38)32(40)22-26)36(48)46-15-7-28(8-16-46)44-19-11-42-12-20-44/h1-4,21-22,27-28,33-34,41-42H,5-20,23-24H2/t33-,34-/m1/s1. The first-order valence-corrected chi connectivity index (χ1v) is 19.3. The number of benzene rings is 2. The number of likely N-dealkylation sites (tertiary alicyclic amines) is 2. The Morgan fingerprint density at radius 1 is 0.592 bits per heavy atom. The van der Waals surface area contributed by atoms with E-state index in [-0.39, 0.29) is 24.7 Å². The molecule has 13 heteroatoms. The number of halogens is 4. The van der Waals surface area contributed by atoms with E-state index in [4.69, 9.17) is 51.1 Å². The molecule has 2 aromatic rings. The summed E-state index contributed by atoms with van der Waals surface area (Å²) in [5, 5.41) is 8.58.